The van der Waals surface area contributed by atoms with E-state index in [0.29, 0.717) is 5.92 Å². The van der Waals surface area contributed by atoms with Crippen LogP contribution in [0.5, 0.6) is 0 Å². The van der Waals surface area contributed by atoms with Gasteiger partial charge < -0.3 is 19.8 Å². The molecule has 1 atom stereocenters. The molecule has 0 radical (unpaired) electrons. The zero-order valence-corrected chi connectivity index (χ0v) is 16.4. The van der Waals surface area contributed by atoms with Gasteiger partial charge in [0.15, 0.2) is 5.96 Å². The van der Waals surface area contributed by atoms with E-state index in [2.05, 4.69) is 17.6 Å². The summed E-state index contributed by atoms with van der Waals surface area (Å²) < 4.78 is 10.8. The van der Waals surface area contributed by atoms with E-state index in [-0.39, 0.29) is 24.0 Å². The van der Waals surface area contributed by atoms with Crippen molar-refractivity contribution in [1.82, 2.24) is 10.6 Å². The first-order chi connectivity index (χ1) is 10.9. The van der Waals surface area contributed by atoms with Crippen molar-refractivity contribution in [1.29, 1.82) is 0 Å². The van der Waals surface area contributed by atoms with E-state index in [4.69, 9.17) is 14.1 Å². The molecule has 6 heteroatoms. The van der Waals surface area contributed by atoms with Gasteiger partial charge >= 0.3 is 0 Å². The fourth-order valence-corrected chi connectivity index (χ4v) is 2.46. The van der Waals surface area contributed by atoms with Crippen LogP contribution in [0, 0.1) is 5.92 Å². The van der Waals surface area contributed by atoms with Crippen LogP contribution >= 0.6 is 24.0 Å². The summed E-state index contributed by atoms with van der Waals surface area (Å²) >= 11 is 0. The van der Waals surface area contributed by atoms with Crippen LogP contribution in [0.2, 0.25) is 0 Å². The van der Waals surface area contributed by atoms with Crippen LogP contribution in [0.3, 0.4) is 0 Å². The molecule has 0 aromatic carbocycles. The highest BCUT2D eigenvalue weighted by Crippen LogP contribution is 2.12. The number of hydrogen-bond donors (Lipinski definition) is 2. The molecule has 0 saturated carbocycles. The van der Waals surface area contributed by atoms with Crippen LogP contribution in [0.4, 0.5) is 0 Å². The molecule has 0 bridgehead atoms. The van der Waals surface area contributed by atoms with Crippen molar-refractivity contribution in [3.63, 3.8) is 0 Å². The number of unbranched alkanes of at least 4 members (excludes halogenated alkanes) is 2. The molecule has 132 valence electrons. The Labute approximate surface area is 156 Å². The van der Waals surface area contributed by atoms with Crippen LogP contribution in [-0.4, -0.2) is 38.8 Å². The molecule has 1 aromatic heterocycles. The van der Waals surface area contributed by atoms with E-state index in [1.54, 1.807) is 6.26 Å². The molecule has 0 spiro atoms. The number of guanidine groups is 1. The molecular weight excluding hydrogens is 405 g/mol. The van der Waals surface area contributed by atoms with Crippen LogP contribution in [0.25, 0.3) is 0 Å². The van der Waals surface area contributed by atoms with Crippen molar-refractivity contribution in [2.24, 2.45) is 10.9 Å². The molecule has 0 amide bonds. The fourth-order valence-electron chi connectivity index (χ4n) is 2.46. The topological polar surface area (TPSA) is 58.8 Å². The zero-order valence-electron chi connectivity index (χ0n) is 14.1. The summed E-state index contributed by atoms with van der Waals surface area (Å²) in [6.07, 6.45) is 7.38. The van der Waals surface area contributed by atoms with Crippen molar-refractivity contribution in [2.45, 2.75) is 39.0 Å². The second-order valence-corrected chi connectivity index (χ2v) is 5.81. The standard InChI is InChI=1S/C17H29N3O2.HI/c1-2-3-4-9-18-17(20-13-15-8-12-21-14-15)19-10-7-16-6-5-11-22-16;/h5-6,11,15H,2-4,7-10,12-14H2,1H3,(H2,18,19,20);1H. The summed E-state index contributed by atoms with van der Waals surface area (Å²) in [6.45, 7) is 6.58. The third-order valence-electron chi connectivity index (χ3n) is 3.85. The Morgan fingerprint density at radius 1 is 1.30 bits per heavy atom. The molecule has 2 N–H and O–H groups in total. The van der Waals surface area contributed by atoms with Crippen molar-refractivity contribution >= 4 is 29.9 Å². The van der Waals surface area contributed by atoms with Crippen LogP contribution in [0.15, 0.2) is 27.8 Å². The molecule has 1 fully saturated rings. The minimum absolute atomic E-state index is 0. The average Bonchev–Trinajstić information content (AvgIpc) is 3.21. The summed E-state index contributed by atoms with van der Waals surface area (Å²) in [5, 5.41) is 6.82. The van der Waals surface area contributed by atoms with Gasteiger partial charge in [0, 0.05) is 38.6 Å². The Balaban J connectivity index is 0.00000264. The first-order valence-electron chi connectivity index (χ1n) is 8.50. The number of nitrogens with zero attached hydrogens (tertiary/aromatic N) is 1. The van der Waals surface area contributed by atoms with E-state index in [1.807, 2.05) is 12.1 Å². The monoisotopic (exact) mass is 435 g/mol. The molecule has 1 saturated heterocycles. The van der Waals surface area contributed by atoms with Gasteiger partial charge in [0.1, 0.15) is 5.76 Å². The van der Waals surface area contributed by atoms with E-state index in [1.165, 1.54) is 19.3 Å². The number of hydrogen-bond acceptors (Lipinski definition) is 3. The lowest BCUT2D eigenvalue weighted by Crippen LogP contribution is -2.39. The number of halogens is 1. The van der Waals surface area contributed by atoms with E-state index in [0.717, 1.165) is 57.4 Å². The minimum atomic E-state index is 0. The third kappa shape index (κ3) is 8.60. The second-order valence-electron chi connectivity index (χ2n) is 5.81. The maximum absolute atomic E-state index is 5.41. The summed E-state index contributed by atoms with van der Waals surface area (Å²) in [7, 11) is 0. The summed E-state index contributed by atoms with van der Waals surface area (Å²) in [4.78, 5) is 4.71. The molecule has 2 heterocycles. The molecule has 5 nitrogen and oxygen atoms in total. The number of aliphatic imine (C=N–C) groups is 1. The maximum Gasteiger partial charge on any atom is 0.191 e. The number of ether oxygens (including phenoxy) is 1. The maximum atomic E-state index is 5.41. The SMILES string of the molecule is CCCCCNC(=NCC1CCOC1)NCCc1ccco1.I. The Morgan fingerprint density at radius 2 is 2.17 bits per heavy atom. The van der Waals surface area contributed by atoms with Gasteiger partial charge in [-0.05, 0) is 25.0 Å². The van der Waals surface area contributed by atoms with Crippen LogP contribution in [0.1, 0.15) is 38.4 Å². The predicted octanol–water partition coefficient (Wildman–Crippen LogP) is 3.20. The largest absolute Gasteiger partial charge is 0.469 e. The molecule has 1 aromatic rings. The number of furan rings is 1. The van der Waals surface area contributed by atoms with Crippen molar-refractivity contribution in [2.75, 3.05) is 32.8 Å². The lowest BCUT2D eigenvalue weighted by Gasteiger charge is -2.13. The van der Waals surface area contributed by atoms with Crippen LogP contribution < -0.4 is 10.6 Å². The van der Waals surface area contributed by atoms with Crippen molar-refractivity contribution < 1.29 is 9.15 Å². The zero-order chi connectivity index (χ0) is 15.5. The Kier molecular flexibility index (Phi) is 11.1. The molecule has 2 rings (SSSR count). The highest BCUT2D eigenvalue weighted by molar-refractivity contribution is 14.0. The van der Waals surface area contributed by atoms with Gasteiger partial charge in [0.05, 0.1) is 12.9 Å². The minimum Gasteiger partial charge on any atom is -0.469 e. The molecule has 1 aliphatic rings. The van der Waals surface area contributed by atoms with Gasteiger partial charge in [-0.25, -0.2) is 0 Å². The summed E-state index contributed by atoms with van der Waals surface area (Å²) in [6, 6.07) is 3.93. The summed E-state index contributed by atoms with van der Waals surface area (Å²) in [5.74, 6) is 2.48. The highest BCUT2D eigenvalue weighted by Gasteiger charge is 2.15. The van der Waals surface area contributed by atoms with Crippen LogP contribution in [-0.2, 0) is 11.2 Å². The average molecular weight is 435 g/mol. The van der Waals surface area contributed by atoms with Gasteiger partial charge in [-0.15, -0.1) is 24.0 Å². The lowest BCUT2D eigenvalue weighted by molar-refractivity contribution is 0.187. The number of nitrogens with one attached hydrogen (secondary N) is 2. The van der Waals surface area contributed by atoms with Crippen molar-refractivity contribution in [3.8, 4) is 0 Å². The Hall–Kier alpha value is -0.760. The lowest BCUT2D eigenvalue weighted by atomic mass is 10.1. The smallest absolute Gasteiger partial charge is 0.191 e. The van der Waals surface area contributed by atoms with E-state index < -0.39 is 0 Å². The van der Waals surface area contributed by atoms with Gasteiger partial charge in [0.25, 0.3) is 0 Å². The van der Waals surface area contributed by atoms with Gasteiger partial charge in [-0.1, -0.05) is 19.8 Å². The van der Waals surface area contributed by atoms with Gasteiger partial charge in [-0.2, -0.15) is 0 Å². The van der Waals surface area contributed by atoms with E-state index >= 15 is 0 Å². The molecule has 0 aliphatic carbocycles. The second kappa shape index (κ2) is 12.6. The highest BCUT2D eigenvalue weighted by atomic mass is 127. The molecule has 23 heavy (non-hydrogen) atoms. The Morgan fingerprint density at radius 3 is 2.87 bits per heavy atom. The molecule has 1 aliphatic heterocycles. The Bertz CT molecular complexity index is 417. The van der Waals surface area contributed by atoms with Gasteiger partial charge in [0.2, 0.25) is 0 Å². The normalized spacial score (nSPS) is 17.8. The molecule has 1 unspecified atom stereocenters. The summed E-state index contributed by atoms with van der Waals surface area (Å²) in [5.41, 5.74) is 0. The predicted molar refractivity (Wildman–Crippen MR) is 105 cm³/mol. The van der Waals surface area contributed by atoms with Gasteiger partial charge in [-0.3, -0.25) is 4.99 Å². The number of rotatable bonds is 9. The third-order valence-corrected chi connectivity index (χ3v) is 3.85. The first-order valence-corrected chi connectivity index (χ1v) is 8.50. The molecular formula is C17H30IN3O2. The fraction of sp³-hybridized carbons (Fsp3) is 0.706. The van der Waals surface area contributed by atoms with Crippen molar-refractivity contribution in [3.05, 3.63) is 24.2 Å². The first kappa shape index (κ1) is 20.3. The quantitative estimate of drug-likeness (QED) is 0.271. The van der Waals surface area contributed by atoms with E-state index in [9.17, 15) is 0 Å².